The van der Waals surface area contributed by atoms with Crippen LogP contribution in [-0.4, -0.2) is 47.2 Å². The summed E-state index contributed by atoms with van der Waals surface area (Å²) in [4.78, 5) is 14.6. The Labute approximate surface area is 230 Å². The Morgan fingerprint density at radius 1 is 1.26 bits per heavy atom. The molecule has 0 saturated heterocycles. The zero-order chi connectivity index (χ0) is 28.1. The number of rotatable bonds is 13. The van der Waals surface area contributed by atoms with Gasteiger partial charge in [0.2, 0.25) is 0 Å². The van der Waals surface area contributed by atoms with Crippen molar-refractivity contribution >= 4 is 33.5 Å². The van der Waals surface area contributed by atoms with E-state index < -0.39 is 54.9 Å². The van der Waals surface area contributed by atoms with E-state index in [9.17, 15) is 27.1 Å². The Morgan fingerprint density at radius 3 is 2.47 bits per heavy atom. The van der Waals surface area contributed by atoms with Crippen LogP contribution < -0.4 is 37.4 Å². The number of allylic oxidation sites excluding steroid dienone is 1. The van der Waals surface area contributed by atoms with Crippen molar-refractivity contribution in [3.05, 3.63) is 65.1 Å². The molecule has 0 bridgehead atoms. The molecule has 0 radical (unpaired) electrons. The number of halogens is 3. The molecule has 2 aromatic carbocycles. The van der Waals surface area contributed by atoms with Crippen LogP contribution in [0.15, 0.2) is 47.9 Å². The minimum absolute atomic E-state index is 0.00222. The van der Waals surface area contributed by atoms with Crippen molar-refractivity contribution < 1.29 is 51.8 Å². The first kappa shape index (κ1) is 29.6. The third-order valence-electron chi connectivity index (χ3n) is 5.58. The number of alkyl halides is 1. The van der Waals surface area contributed by atoms with Crippen LogP contribution in [-0.2, 0) is 23.6 Å². The number of benzene rings is 2. The predicted octanol–water partition coefficient (Wildman–Crippen LogP) is 0.0244. The second kappa shape index (κ2) is 12.3. The van der Waals surface area contributed by atoms with Crippen molar-refractivity contribution in [2.45, 2.75) is 35.9 Å². The van der Waals surface area contributed by atoms with Crippen LogP contribution in [0.2, 0.25) is 0 Å². The number of nitrogens with one attached hydrogen (secondary N) is 3. The van der Waals surface area contributed by atoms with E-state index in [2.05, 4.69) is 10.0 Å². The van der Waals surface area contributed by atoms with Gasteiger partial charge in [-0.3, -0.25) is 0 Å². The molecule has 3 rings (SSSR count). The van der Waals surface area contributed by atoms with Crippen LogP contribution >= 0.6 is 0 Å². The van der Waals surface area contributed by atoms with E-state index >= 15 is 0 Å². The van der Waals surface area contributed by atoms with Crippen LogP contribution in [0.25, 0.3) is 0 Å². The zero-order valence-corrected chi connectivity index (χ0v) is 23.7. The van der Waals surface area contributed by atoms with Crippen LogP contribution in [0, 0.1) is 17.0 Å². The van der Waals surface area contributed by atoms with Crippen molar-refractivity contribution in [3.63, 3.8) is 0 Å². The normalized spacial score (nSPS) is 14.9. The molecule has 0 heterocycles. The molecule has 6 N–H and O–H groups in total. The molecule has 1 saturated carbocycles. The van der Waals surface area contributed by atoms with Gasteiger partial charge in [0, 0.05) is 0 Å². The van der Waals surface area contributed by atoms with Crippen LogP contribution in [0.1, 0.15) is 32.3 Å². The number of amides is 1. The van der Waals surface area contributed by atoms with Gasteiger partial charge < -0.3 is 5.11 Å². The quantitative estimate of drug-likeness (QED) is 0.0296. The Kier molecular flexibility index (Phi) is 9.54. The van der Waals surface area contributed by atoms with Crippen molar-refractivity contribution in [1.82, 2.24) is 9.62 Å². The van der Waals surface area contributed by atoms with E-state index in [1.807, 2.05) is 6.92 Å². The Bertz CT molecular complexity index is 1330. The van der Waals surface area contributed by atoms with E-state index in [0.29, 0.717) is 11.6 Å². The first-order chi connectivity index (χ1) is 17.8. The number of nitrogen functional groups attached to an aromatic ring is 1. The van der Waals surface area contributed by atoms with Crippen molar-refractivity contribution in [3.8, 4) is 5.75 Å². The number of nitrogens with zero attached hydrogens (tertiary/aromatic N) is 1. The molecule has 0 atom stereocenters. The summed E-state index contributed by atoms with van der Waals surface area (Å²) in [6.07, 6.45) is 2.74. The summed E-state index contributed by atoms with van der Waals surface area (Å²) >= 11 is -0.981. The zero-order valence-electron chi connectivity index (χ0n) is 20.7. The molecule has 0 aliphatic heterocycles. The summed E-state index contributed by atoms with van der Waals surface area (Å²) in [5.41, 5.74) is 5.91. The number of sulfonamides is 1. The number of hydrogen-bond donors (Lipinski definition) is 5. The van der Waals surface area contributed by atoms with Gasteiger partial charge in [-0.25, -0.2) is 0 Å². The van der Waals surface area contributed by atoms with Gasteiger partial charge in [-0.2, -0.15) is 0 Å². The molecule has 1 aliphatic carbocycles. The van der Waals surface area contributed by atoms with Crippen LogP contribution in [0.4, 0.5) is 20.2 Å². The number of carbonyl (C=O) groups is 1. The van der Waals surface area contributed by atoms with E-state index in [-0.39, 0.29) is 45.2 Å². The van der Waals surface area contributed by atoms with E-state index in [4.69, 9.17) is 14.2 Å². The van der Waals surface area contributed by atoms with Crippen LogP contribution in [0.3, 0.4) is 0 Å². The van der Waals surface area contributed by atoms with Gasteiger partial charge in [-0.1, -0.05) is 0 Å². The Morgan fingerprint density at radius 2 is 1.92 bits per heavy atom. The fourth-order valence-electron chi connectivity index (χ4n) is 3.19. The number of anilines is 2. The molecule has 1 fully saturated rings. The number of aromatic hydroxyl groups is 1. The summed E-state index contributed by atoms with van der Waals surface area (Å²) in [7, 11) is -3.89. The average molecular weight is 664 g/mol. The number of hydrogen-bond acceptors (Lipinski definition) is 8. The minimum atomic E-state index is -3.89. The SMILES string of the molecule is CCN(CNS(=O)(=O)Cc1ccc(O)c(N)c1)C(C=N)=C(O[I-]C1(C)CC1)C(=O)Nc1cc(F)cc(F)c1. The van der Waals surface area contributed by atoms with Gasteiger partial charge in [0.05, 0.1) is 0 Å². The molecule has 14 heteroatoms. The van der Waals surface area contributed by atoms with E-state index in [1.165, 1.54) is 23.1 Å². The molecule has 1 amide bonds. The number of phenolic OH excluding ortho intramolecular Hbond substituents is 1. The summed E-state index contributed by atoms with van der Waals surface area (Å²) in [6, 6.07) is 6.64. The maximum absolute atomic E-state index is 13.7. The monoisotopic (exact) mass is 664 g/mol. The molecular weight excluding hydrogens is 635 g/mol. The summed E-state index contributed by atoms with van der Waals surface area (Å²) < 4.78 is 61.1. The number of phenols is 1. The summed E-state index contributed by atoms with van der Waals surface area (Å²) in [5.74, 6) is -3.39. The third kappa shape index (κ3) is 8.26. The summed E-state index contributed by atoms with van der Waals surface area (Å²) in [6.45, 7) is 3.63. The molecule has 0 unspecified atom stereocenters. The van der Waals surface area contributed by atoms with Crippen molar-refractivity contribution in [2.75, 3.05) is 24.3 Å². The van der Waals surface area contributed by atoms with Crippen molar-refractivity contribution in [1.29, 1.82) is 5.41 Å². The van der Waals surface area contributed by atoms with E-state index in [0.717, 1.165) is 31.2 Å². The van der Waals surface area contributed by atoms with Crippen molar-refractivity contribution in [2.24, 2.45) is 0 Å². The molecule has 0 spiro atoms. The first-order valence-corrected chi connectivity index (χ1v) is 15.1. The molecule has 208 valence electrons. The number of carbonyl (C=O) groups excluding carboxylic acids is 1. The van der Waals surface area contributed by atoms with Gasteiger partial charge in [0.15, 0.2) is 0 Å². The fourth-order valence-corrected chi connectivity index (χ4v) is 6.15. The second-order valence-electron chi connectivity index (χ2n) is 8.85. The van der Waals surface area contributed by atoms with Gasteiger partial charge in [0.25, 0.3) is 0 Å². The fraction of sp³-hybridized carbons (Fsp3) is 0.333. The molecule has 0 aromatic heterocycles. The molecule has 38 heavy (non-hydrogen) atoms. The predicted molar refractivity (Wildman–Crippen MR) is 135 cm³/mol. The van der Waals surface area contributed by atoms with Gasteiger partial charge in [0.1, 0.15) is 0 Å². The Balaban J connectivity index is 1.83. The van der Waals surface area contributed by atoms with Gasteiger partial charge >= 0.3 is 226 Å². The molecule has 10 nitrogen and oxygen atoms in total. The van der Waals surface area contributed by atoms with Gasteiger partial charge in [-0.05, 0) is 0 Å². The Hall–Kier alpha value is -2.98. The van der Waals surface area contributed by atoms with Gasteiger partial charge in [-0.15, -0.1) is 0 Å². The topological polar surface area (TPSA) is 158 Å². The molecule has 1 aliphatic rings. The third-order valence-corrected chi connectivity index (χ3v) is 9.67. The van der Waals surface area contributed by atoms with E-state index in [1.54, 1.807) is 6.92 Å². The molecule has 2 aromatic rings. The molecular formula is C24H29F2IN5O5S-. The average Bonchev–Trinajstić information content (AvgIpc) is 3.56. The maximum atomic E-state index is 13.7. The second-order valence-corrected chi connectivity index (χ2v) is 14.1. The first-order valence-electron chi connectivity index (χ1n) is 11.5. The van der Waals surface area contributed by atoms with Crippen LogP contribution in [0.5, 0.6) is 5.75 Å². The summed E-state index contributed by atoms with van der Waals surface area (Å²) in [5, 5.41) is 19.9. The standard InChI is InChI=1S/C24H29F2IN5O5S/c1-3-32(14-30-38(35,36)13-15-4-5-21(33)19(29)8-15)20(12-28)22(37-27-24(2)6-7-24)23(34)31-18-10-16(25)9-17(26)11-18/h4-5,8-12,28,30,33H,3,6-7,13-14,29H2,1-2H3,(H,31,34)/q-1. The number of nitrogens with two attached hydrogens (primary N) is 1.